The van der Waals surface area contributed by atoms with Gasteiger partial charge in [0.25, 0.3) is 0 Å². The molecule has 3 aliphatic rings. The summed E-state index contributed by atoms with van der Waals surface area (Å²) in [5.41, 5.74) is 5.19. The second kappa shape index (κ2) is 20.4. The Labute approximate surface area is 354 Å². The van der Waals surface area contributed by atoms with E-state index < -0.39 is 24.1 Å². The molecule has 0 radical (unpaired) electrons. The lowest BCUT2D eigenvalue weighted by molar-refractivity contribution is -0.176. The van der Waals surface area contributed by atoms with Gasteiger partial charge in [-0.3, -0.25) is 14.6 Å². The average molecular weight is 832 g/mol. The molecular weight excluding hydrogens is 774 g/mol. The van der Waals surface area contributed by atoms with E-state index in [0.29, 0.717) is 36.3 Å². The summed E-state index contributed by atoms with van der Waals surface area (Å²) in [5.74, 6) is 3.10. The smallest absolute Gasteiger partial charge is 0.338 e. The molecule has 59 heavy (non-hydrogen) atoms. The van der Waals surface area contributed by atoms with E-state index in [2.05, 4.69) is 65.0 Å². The molecule has 0 spiro atoms. The highest BCUT2D eigenvalue weighted by Crippen LogP contribution is 2.51. The summed E-state index contributed by atoms with van der Waals surface area (Å²) in [6.07, 6.45) is 7.24. The van der Waals surface area contributed by atoms with Crippen molar-refractivity contribution >= 4 is 35.2 Å². The van der Waals surface area contributed by atoms with Crippen molar-refractivity contribution in [2.75, 3.05) is 69.3 Å². The number of aromatic amines is 1. The van der Waals surface area contributed by atoms with Gasteiger partial charge in [0.05, 0.1) is 59.6 Å². The van der Waals surface area contributed by atoms with Crippen LogP contribution in [-0.2, 0) is 31.8 Å². The molecule has 1 N–H and O–H groups in total. The third-order valence-corrected chi connectivity index (χ3v) is 12.2. The number of terminal acetylenes is 1. The molecule has 2 fully saturated rings. The van der Waals surface area contributed by atoms with Gasteiger partial charge in [0, 0.05) is 48.9 Å². The van der Waals surface area contributed by atoms with Crippen LogP contribution in [0.1, 0.15) is 53.0 Å². The molecule has 3 heterocycles. The highest BCUT2D eigenvalue weighted by molar-refractivity contribution is 5.91. The van der Waals surface area contributed by atoms with Crippen LogP contribution in [0.4, 0.5) is 0 Å². The molecular formula is C46H58ClN3O9. The number of carbonyl (C=O) groups is 2. The monoisotopic (exact) mass is 831 g/mol. The van der Waals surface area contributed by atoms with E-state index in [1.807, 2.05) is 18.2 Å². The molecule has 7 atom stereocenters. The minimum atomic E-state index is -0.670. The lowest BCUT2D eigenvalue weighted by Crippen LogP contribution is -2.58. The van der Waals surface area contributed by atoms with E-state index in [1.165, 1.54) is 50.6 Å². The number of halogens is 1. The van der Waals surface area contributed by atoms with Gasteiger partial charge in [-0.2, -0.15) is 0 Å². The number of nitrogens with zero attached hydrogens (tertiary/aromatic N) is 2. The first-order chi connectivity index (χ1) is 28.1. The quantitative estimate of drug-likeness (QED) is 0.120. The van der Waals surface area contributed by atoms with Crippen molar-refractivity contribution in [2.24, 2.45) is 17.8 Å². The molecule has 7 rings (SSSR count). The maximum Gasteiger partial charge on any atom is 0.338 e. The van der Waals surface area contributed by atoms with Gasteiger partial charge >= 0.3 is 11.9 Å². The summed E-state index contributed by atoms with van der Waals surface area (Å²) in [4.78, 5) is 35.3. The lowest BCUT2D eigenvalue weighted by Gasteiger charge is -2.52. The van der Waals surface area contributed by atoms with E-state index in [-0.39, 0.29) is 41.8 Å². The zero-order valence-corrected chi connectivity index (χ0v) is 36.1. The SMILES string of the molecule is C#CCN(C)[C@H](C)Cc1ccccc1.COC(=O)[C@H]1[C@H]2C[C@@H]3c4[nH]c5cc(OC)ccc5c4CCN3C[C@H]2C[C@@H](OC(=O)c2cc(OC)c(OC)c(OC)c2)[C@@H]1OC.Cl. The zero-order chi connectivity index (χ0) is 41.5. The number of methoxy groups -OCH3 is 6. The van der Waals surface area contributed by atoms with Gasteiger partial charge in [0.2, 0.25) is 5.75 Å². The predicted octanol–water partition coefficient (Wildman–Crippen LogP) is 6.78. The van der Waals surface area contributed by atoms with E-state index >= 15 is 0 Å². The van der Waals surface area contributed by atoms with Crippen molar-refractivity contribution in [3.05, 3.63) is 83.0 Å². The number of H-pyrrole nitrogens is 1. The third kappa shape index (κ3) is 9.60. The number of hydrogen-bond acceptors (Lipinski definition) is 11. The molecule has 0 bridgehead atoms. The number of nitrogens with one attached hydrogen (secondary N) is 1. The van der Waals surface area contributed by atoms with Crippen LogP contribution < -0.4 is 18.9 Å². The van der Waals surface area contributed by atoms with Crippen LogP contribution in [-0.4, -0.2) is 114 Å². The molecule has 1 aliphatic carbocycles. The minimum absolute atomic E-state index is 0. The normalized spacial score (nSPS) is 22.4. The first kappa shape index (κ1) is 45.2. The molecule has 1 aromatic heterocycles. The van der Waals surface area contributed by atoms with Crippen molar-refractivity contribution in [1.29, 1.82) is 0 Å². The van der Waals surface area contributed by atoms with Gasteiger partial charge < -0.3 is 38.1 Å². The molecule has 13 heteroatoms. The van der Waals surface area contributed by atoms with E-state index in [1.54, 1.807) is 26.4 Å². The van der Waals surface area contributed by atoms with Crippen LogP contribution in [0.15, 0.2) is 60.7 Å². The number of ether oxygens (including phenoxy) is 7. The van der Waals surface area contributed by atoms with E-state index in [4.69, 9.17) is 39.6 Å². The summed E-state index contributed by atoms with van der Waals surface area (Å²) >= 11 is 0. The highest BCUT2D eigenvalue weighted by Gasteiger charge is 2.54. The van der Waals surface area contributed by atoms with Crippen LogP contribution in [0, 0.1) is 30.1 Å². The van der Waals surface area contributed by atoms with Crippen LogP contribution in [0.25, 0.3) is 10.9 Å². The van der Waals surface area contributed by atoms with Crippen LogP contribution in [0.2, 0.25) is 0 Å². The molecule has 4 aromatic rings. The first-order valence-electron chi connectivity index (χ1n) is 19.8. The maximum absolute atomic E-state index is 13.5. The number of piperidine rings is 1. The number of carbonyl (C=O) groups excluding carboxylic acids is 2. The fourth-order valence-electron chi connectivity index (χ4n) is 9.17. The fourth-order valence-corrected chi connectivity index (χ4v) is 9.17. The Bertz CT molecular complexity index is 2060. The number of aromatic nitrogens is 1. The summed E-state index contributed by atoms with van der Waals surface area (Å²) in [5, 5.41) is 1.21. The summed E-state index contributed by atoms with van der Waals surface area (Å²) in [7, 11) is 11.2. The second-order valence-electron chi connectivity index (χ2n) is 15.3. The molecule has 1 saturated carbocycles. The summed E-state index contributed by atoms with van der Waals surface area (Å²) in [6.45, 7) is 4.60. The van der Waals surface area contributed by atoms with Crippen LogP contribution >= 0.6 is 12.4 Å². The van der Waals surface area contributed by atoms with Gasteiger partial charge in [0.1, 0.15) is 18.0 Å². The first-order valence-corrected chi connectivity index (χ1v) is 19.8. The number of rotatable bonds is 12. The Hall–Kier alpha value is -4.93. The van der Waals surface area contributed by atoms with E-state index in [0.717, 1.165) is 43.6 Å². The highest BCUT2D eigenvalue weighted by atomic mass is 35.5. The van der Waals surface area contributed by atoms with Crippen LogP contribution in [0.5, 0.6) is 23.0 Å². The Morgan fingerprint density at radius 1 is 0.949 bits per heavy atom. The molecule has 318 valence electrons. The van der Waals surface area contributed by atoms with E-state index in [9.17, 15) is 9.59 Å². The summed E-state index contributed by atoms with van der Waals surface area (Å²) < 4.78 is 39.1. The molecule has 12 nitrogen and oxygen atoms in total. The van der Waals surface area contributed by atoms with Crippen LogP contribution in [0.3, 0.4) is 0 Å². The number of likely N-dealkylation sites (N-methyl/N-ethyl adjacent to an activating group) is 1. The fraction of sp³-hybridized carbons (Fsp3) is 0.478. The van der Waals surface area contributed by atoms with Gasteiger partial charge in [-0.05, 0) is 86.9 Å². The Morgan fingerprint density at radius 3 is 2.27 bits per heavy atom. The molecule has 2 aliphatic heterocycles. The number of benzene rings is 3. The standard InChI is InChI=1S/C33H40N2O9.C13H17N.ClH/c1-38-19-7-8-20-21-9-10-35-16-18-13-27(44-32(36)17-11-25(39-2)30(41-4)26(12-17)40-3)31(42-5)28(33(37)43-6)22(18)15-24(35)29(21)34-23(20)14-19;1-4-10-14(3)12(2)11-13-8-6-5-7-9-13;/h7-8,11-12,14,18,22,24,27-28,31,34H,9-10,13,15-16H2,1-6H3;1,5-9,12H,10-11H2,2-3H3;1H/t18-,22+,24-,27-,28+,31+;12-;/m11./s1. The van der Waals surface area contributed by atoms with Gasteiger partial charge in [-0.1, -0.05) is 36.3 Å². The van der Waals surface area contributed by atoms with Crippen molar-refractivity contribution in [1.82, 2.24) is 14.8 Å². The summed E-state index contributed by atoms with van der Waals surface area (Å²) in [6, 6.07) is 20.4. The van der Waals surface area contributed by atoms with Crippen molar-refractivity contribution in [3.63, 3.8) is 0 Å². The molecule has 3 aromatic carbocycles. The van der Waals surface area contributed by atoms with Gasteiger partial charge in [0.15, 0.2) is 11.5 Å². The molecule has 0 unspecified atom stereocenters. The Morgan fingerprint density at radius 2 is 1.66 bits per heavy atom. The van der Waals surface area contributed by atoms with Gasteiger partial charge in [-0.15, -0.1) is 18.8 Å². The Balaban J connectivity index is 0.000000376. The van der Waals surface area contributed by atoms with Crippen molar-refractivity contribution in [2.45, 2.75) is 56.9 Å². The maximum atomic E-state index is 13.5. The third-order valence-electron chi connectivity index (χ3n) is 12.2. The average Bonchev–Trinajstić information content (AvgIpc) is 3.63. The second-order valence-corrected chi connectivity index (χ2v) is 15.3. The number of esters is 2. The number of fused-ring (bicyclic) bond motifs is 6. The zero-order valence-electron chi connectivity index (χ0n) is 35.3. The van der Waals surface area contributed by atoms with Gasteiger partial charge in [-0.25, -0.2) is 4.79 Å². The van der Waals surface area contributed by atoms with Crippen molar-refractivity contribution < 1.29 is 42.7 Å². The predicted molar refractivity (Wildman–Crippen MR) is 229 cm³/mol. The lowest BCUT2D eigenvalue weighted by atomic mass is 9.63. The topological polar surface area (TPSA) is 121 Å². The largest absolute Gasteiger partial charge is 0.497 e. The molecule has 1 saturated heterocycles. The van der Waals surface area contributed by atoms with Crippen molar-refractivity contribution in [3.8, 4) is 35.3 Å². The Kier molecular flexibility index (Phi) is 15.6. The molecule has 0 amide bonds. The number of hydrogen-bond donors (Lipinski definition) is 1. The minimum Gasteiger partial charge on any atom is -0.497 e.